The summed E-state index contributed by atoms with van der Waals surface area (Å²) in [6.45, 7) is 1.01. The van der Waals surface area contributed by atoms with Crippen LogP contribution in [-0.4, -0.2) is 40.3 Å². The molecule has 1 aromatic carbocycles. The molecular formula is C19H18F2N6. The third kappa shape index (κ3) is 3.55. The van der Waals surface area contributed by atoms with Crippen molar-refractivity contribution in [1.82, 2.24) is 15.0 Å². The van der Waals surface area contributed by atoms with E-state index in [2.05, 4.69) is 25.3 Å². The molecular weight excluding hydrogens is 350 g/mol. The van der Waals surface area contributed by atoms with Crippen LogP contribution >= 0.6 is 0 Å². The third-order valence-corrected chi connectivity index (χ3v) is 4.27. The van der Waals surface area contributed by atoms with E-state index in [4.69, 9.17) is 0 Å². The van der Waals surface area contributed by atoms with E-state index in [1.54, 1.807) is 25.6 Å². The molecule has 0 unspecified atom stereocenters. The maximum atomic E-state index is 13.4. The number of hydrogen-bond acceptors (Lipinski definition) is 6. The molecule has 1 aliphatic heterocycles. The highest BCUT2D eigenvalue weighted by atomic mass is 19.3. The summed E-state index contributed by atoms with van der Waals surface area (Å²) in [6.07, 6.45) is 4.91. The molecule has 4 rings (SSSR count). The van der Waals surface area contributed by atoms with Gasteiger partial charge in [-0.05, 0) is 29.7 Å². The first-order chi connectivity index (χ1) is 12.9. The Morgan fingerprint density at radius 3 is 2.74 bits per heavy atom. The Balaban J connectivity index is 1.62. The van der Waals surface area contributed by atoms with Crippen molar-refractivity contribution < 1.29 is 8.78 Å². The van der Waals surface area contributed by atoms with Gasteiger partial charge in [0.1, 0.15) is 11.5 Å². The predicted octanol–water partition coefficient (Wildman–Crippen LogP) is 3.49. The van der Waals surface area contributed by atoms with E-state index < -0.39 is 12.5 Å². The normalized spacial score (nSPS) is 13.4. The predicted molar refractivity (Wildman–Crippen MR) is 102 cm³/mol. The summed E-state index contributed by atoms with van der Waals surface area (Å²) in [5, 5.41) is 4.98. The summed E-state index contributed by atoms with van der Waals surface area (Å²) in [4.78, 5) is 18.8. The summed E-state index contributed by atoms with van der Waals surface area (Å²) >= 11 is 0. The second kappa shape index (κ2) is 6.53. The van der Waals surface area contributed by atoms with Crippen molar-refractivity contribution in [3.05, 3.63) is 54.2 Å². The van der Waals surface area contributed by atoms with Crippen molar-refractivity contribution in [3.8, 4) is 0 Å². The van der Waals surface area contributed by atoms with Gasteiger partial charge in [0.2, 0.25) is 0 Å². The minimum atomic E-state index is -2.80. The molecule has 0 saturated carbocycles. The lowest BCUT2D eigenvalue weighted by Gasteiger charge is -2.23. The van der Waals surface area contributed by atoms with Crippen LogP contribution in [0.2, 0.25) is 0 Å². The molecule has 3 aromatic rings. The molecule has 0 amide bonds. The van der Waals surface area contributed by atoms with Crippen LogP contribution < -0.4 is 10.2 Å². The molecule has 0 bridgehead atoms. The van der Waals surface area contributed by atoms with Crippen LogP contribution in [0.3, 0.4) is 0 Å². The standard InChI is InChI=1S/C19H18F2N6/c1-19(20,21)11-27(2)18-14-4-3-13(9-12(14)5-6-24-18)26-17-16-15(10-25-17)22-7-8-23-16/h3-9H,10-11H2,1-2H3,(H,25,26). The lowest BCUT2D eigenvalue weighted by molar-refractivity contribution is 0.0310. The van der Waals surface area contributed by atoms with Crippen molar-refractivity contribution in [3.63, 3.8) is 0 Å². The van der Waals surface area contributed by atoms with Gasteiger partial charge >= 0.3 is 0 Å². The number of halogens is 2. The minimum Gasteiger partial charge on any atom is -0.353 e. The van der Waals surface area contributed by atoms with Gasteiger partial charge in [0.15, 0.2) is 5.84 Å². The van der Waals surface area contributed by atoms with Crippen molar-refractivity contribution >= 4 is 28.1 Å². The van der Waals surface area contributed by atoms with Crippen LogP contribution in [0.25, 0.3) is 10.8 Å². The van der Waals surface area contributed by atoms with Crippen molar-refractivity contribution in [2.24, 2.45) is 4.99 Å². The van der Waals surface area contributed by atoms with E-state index in [1.165, 1.54) is 4.90 Å². The highest BCUT2D eigenvalue weighted by Crippen LogP contribution is 2.28. The lowest BCUT2D eigenvalue weighted by atomic mass is 10.1. The molecule has 138 valence electrons. The van der Waals surface area contributed by atoms with Gasteiger partial charge in [0.05, 0.1) is 18.8 Å². The van der Waals surface area contributed by atoms with E-state index in [9.17, 15) is 8.78 Å². The summed E-state index contributed by atoms with van der Waals surface area (Å²) in [6, 6.07) is 7.54. The van der Waals surface area contributed by atoms with Gasteiger partial charge in [-0.2, -0.15) is 0 Å². The number of rotatable bonds is 4. The van der Waals surface area contributed by atoms with E-state index >= 15 is 0 Å². The quantitative estimate of drug-likeness (QED) is 0.764. The fourth-order valence-electron chi connectivity index (χ4n) is 3.18. The zero-order valence-corrected chi connectivity index (χ0v) is 14.9. The summed E-state index contributed by atoms with van der Waals surface area (Å²) in [5.74, 6) is -1.60. The molecule has 0 radical (unpaired) electrons. The largest absolute Gasteiger partial charge is 0.353 e. The number of anilines is 2. The Morgan fingerprint density at radius 2 is 1.93 bits per heavy atom. The number of pyridine rings is 1. The first kappa shape index (κ1) is 17.3. The number of nitrogens with zero attached hydrogens (tertiary/aromatic N) is 5. The van der Waals surface area contributed by atoms with Gasteiger partial charge in [-0.3, -0.25) is 9.98 Å². The molecule has 1 N–H and O–H groups in total. The summed E-state index contributed by atoms with van der Waals surface area (Å²) in [7, 11) is 1.62. The van der Waals surface area contributed by atoms with Crippen LogP contribution in [0, 0.1) is 0 Å². The number of fused-ring (bicyclic) bond motifs is 2. The number of benzene rings is 1. The van der Waals surface area contributed by atoms with Gasteiger partial charge in [-0.25, -0.2) is 18.7 Å². The SMILES string of the molecule is CN(CC(C)(F)F)c1nccc2cc(NC3=NCc4nccnc43)ccc12. The Hall–Kier alpha value is -3.16. The van der Waals surface area contributed by atoms with E-state index in [-0.39, 0.29) is 0 Å². The van der Waals surface area contributed by atoms with Gasteiger partial charge in [-0.15, -0.1) is 0 Å². The molecule has 2 aromatic heterocycles. The van der Waals surface area contributed by atoms with Gasteiger partial charge in [-0.1, -0.05) is 0 Å². The highest BCUT2D eigenvalue weighted by molar-refractivity contribution is 6.09. The number of aromatic nitrogens is 3. The lowest BCUT2D eigenvalue weighted by Crippen LogP contribution is -2.32. The minimum absolute atomic E-state index is 0.397. The van der Waals surface area contributed by atoms with Gasteiger partial charge < -0.3 is 10.2 Å². The second-order valence-corrected chi connectivity index (χ2v) is 6.64. The topological polar surface area (TPSA) is 66.3 Å². The summed E-state index contributed by atoms with van der Waals surface area (Å²) in [5.41, 5.74) is 2.42. The second-order valence-electron chi connectivity index (χ2n) is 6.64. The Morgan fingerprint density at radius 1 is 1.11 bits per heavy atom. The number of alkyl halides is 2. The molecule has 3 heterocycles. The van der Waals surface area contributed by atoms with Crippen LogP contribution in [0.1, 0.15) is 18.3 Å². The zero-order valence-electron chi connectivity index (χ0n) is 14.9. The number of nitrogens with one attached hydrogen (secondary N) is 1. The van der Waals surface area contributed by atoms with Gasteiger partial charge in [0.25, 0.3) is 5.92 Å². The van der Waals surface area contributed by atoms with E-state index in [1.807, 2.05) is 24.3 Å². The van der Waals surface area contributed by atoms with Crippen molar-refractivity contribution in [1.29, 1.82) is 0 Å². The molecule has 1 aliphatic rings. The number of hydrogen-bond donors (Lipinski definition) is 1. The average Bonchev–Trinajstić information content (AvgIpc) is 3.03. The van der Waals surface area contributed by atoms with Crippen molar-refractivity contribution in [2.75, 3.05) is 23.8 Å². The molecule has 0 aliphatic carbocycles. The molecule has 0 spiro atoms. The van der Waals surface area contributed by atoms with Crippen LogP contribution in [0.5, 0.6) is 0 Å². The van der Waals surface area contributed by atoms with Crippen LogP contribution in [0.4, 0.5) is 20.3 Å². The Labute approximate surface area is 155 Å². The highest BCUT2D eigenvalue weighted by Gasteiger charge is 2.25. The first-order valence-corrected chi connectivity index (χ1v) is 8.50. The van der Waals surface area contributed by atoms with E-state index in [0.29, 0.717) is 18.2 Å². The van der Waals surface area contributed by atoms with Gasteiger partial charge in [0, 0.05) is 43.6 Å². The molecule has 0 atom stereocenters. The number of aliphatic imine (C=N–C) groups is 1. The molecule has 6 nitrogen and oxygen atoms in total. The third-order valence-electron chi connectivity index (χ3n) is 4.27. The molecule has 0 fully saturated rings. The van der Waals surface area contributed by atoms with E-state index in [0.717, 1.165) is 34.8 Å². The average molecular weight is 368 g/mol. The summed E-state index contributed by atoms with van der Waals surface area (Å²) < 4.78 is 26.7. The molecule has 0 saturated heterocycles. The first-order valence-electron chi connectivity index (χ1n) is 8.50. The van der Waals surface area contributed by atoms with Crippen LogP contribution in [0.15, 0.2) is 47.8 Å². The smallest absolute Gasteiger partial charge is 0.262 e. The maximum absolute atomic E-state index is 13.4. The fourth-order valence-corrected chi connectivity index (χ4v) is 3.18. The maximum Gasteiger partial charge on any atom is 0.262 e. The monoisotopic (exact) mass is 368 g/mol. The van der Waals surface area contributed by atoms with Crippen molar-refractivity contribution in [2.45, 2.75) is 19.4 Å². The Bertz CT molecular complexity index is 1030. The fraction of sp³-hybridized carbons (Fsp3) is 0.263. The zero-order chi connectivity index (χ0) is 19.0. The number of amidine groups is 1. The molecule has 27 heavy (non-hydrogen) atoms. The Kier molecular flexibility index (Phi) is 4.18. The van der Waals surface area contributed by atoms with Crippen LogP contribution in [-0.2, 0) is 6.54 Å². The molecule has 8 heteroatoms.